The van der Waals surface area contributed by atoms with Crippen molar-refractivity contribution in [1.29, 1.82) is 0 Å². The first-order chi connectivity index (χ1) is 13.7. The zero-order valence-corrected chi connectivity index (χ0v) is 16.3. The lowest BCUT2D eigenvalue weighted by Gasteiger charge is -2.12. The fraction of sp³-hybridized carbons (Fsp3) is 0.240. The van der Waals surface area contributed by atoms with Crippen LogP contribution < -0.4 is 9.47 Å². The van der Waals surface area contributed by atoms with E-state index >= 15 is 0 Å². The van der Waals surface area contributed by atoms with Crippen LogP contribution in [0.4, 0.5) is 0 Å². The van der Waals surface area contributed by atoms with Crippen molar-refractivity contribution in [2.75, 3.05) is 0 Å². The maximum Gasteiger partial charge on any atom is 0.163 e. The Morgan fingerprint density at radius 2 is 1.25 bits per heavy atom. The maximum atomic E-state index is 12.5. The molecule has 3 heteroatoms. The van der Waals surface area contributed by atoms with Crippen LogP contribution in [0.5, 0.6) is 11.5 Å². The van der Waals surface area contributed by atoms with Gasteiger partial charge in [0.05, 0.1) is 0 Å². The SMILES string of the molecule is CCCCC(=O)c1cc(OCc2ccccc2)cc(OCc2ccccc2)c1. The van der Waals surface area contributed by atoms with Crippen LogP contribution in [-0.2, 0) is 13.2 Å². The number of ketones is 1. The first-order valence-corrected chi connectivity index (χ1v) is 9.76. The van der Waals surface area contributed by atoms with Gasteiger partial charge in [0.15, 0.2) is 5.78 Å². The van der Waals surface area contributed by atoms with Crippen molar-refractivity contribution in [2.24, 2.45) is 0 Å². The van der Waals surface area contributed by atoms with Crippen LogP contribution in [0.15, 0.2) is 78.9 Å². The van der Waals surface area contributed by atoms with Crippen molar-refractivity contribution >= 4 is 5.78 Å². The summed E-state index contributed by atoms with van der Waals surface area (Å²) >= 11 is 0. The van der Waals surface area contributed by atoms with Crippen molar-refractivity contribution in [3.8, 4) is 11.5 Å². The van der Waals surface area contributed by atoms with Crippen molar-refractivity contribution in [1.82, 2.24) is 0 Å². The molecule has 0 aromatic heterocycles. The van der Waals surface area contributed by atoms with Gasteiger partial charge in [0.2, 0.25) is 0 Å². The number of benzene rings is 3. The van der Waals surface area contributed by atoms with Crippen molar-refractivity contribution in [3.05, 3.63) is 95.6 Å². The molecule has 0 aliphatic carbocycles. The van der Waals surface area contributed by atoms with Gasteiger partial charge in [-0.15, -0.1) is 0 Å². The Morgan fingerprint density at radius 3 is 1.71 bits per heavy atom. The molecule has 0 amide bonds. The summed E-state index contributed by atoms with van der Waals surface area (Å²) in [5, 5.41) is 0. The van der Waals surface area contributed by atoms with E-state index in [0.29, 0.717) is 36.7 Å². The molecule has 0 unspecified atom stereocenters. The van der Waals surface area contributed by atoms with E-state index in [9.17, 15) is 4.79 Å². The summed E-state index contributed by atoms with van der Waals surface area (Å²) < 4.78 is 11.9. The van der Waals surface area contributed by atoms with E-state index in [0.717, 1.165) is 24.0 Å². The van der Waals surface area contributed by atoms with Crippen LogP contribution in [0.25, 0.3) is 0 Å². The number of unbranched alkanes of at least 4 members (excludes halogenated alkanes) is 1. The Hall–Kier alpha value is -3.07. The van der Waals surface area contributed by atoms with E-state index in [1.54, 1.807) is 0 Å². The van der Waals surface area contributed by atoms with E-state index in [1.807, 2.05) is 78.9 Å². The number of Topliss-reactive ketones (excluding diaryl/α,β-unsaturated/α-hetero) is 1. The molecular formula is C25H26O3. The predicted molar refractivity (Wildman–Crippen MR) is 112 cm³/mol. The molecule has 0 saturated heterocycles. The molecule has 0 radical (unpaired) electrons. The predicted octanol–water partition coefficient (Wildman–Crippen LogP) is 6.22. The molecule has 3 aromatic rings. The zero-order valence-electron chi connectivity index (χ0n) is 16.3. The third-order valence-corrected chi connectivity index (χ3v) is 4.46. The lowest BCUT2D eigenvalue weighted by molar-refractivity contribution is 0.0978. The van der Waals surface area contributed by atoms with Crippen molar-refractivity contribution in [2.45, 2.75) is 39.4 Å². The largest absolute Gasteiger partial charge is 0.489 e. The van der Waals surface area contributed by atoms with Gasteiger partial charge in [-0.2, -0.15) is 0 Å². The molecule has 0 aliphatic rings. The molecule has 144 valence electrons. The molecule has 3 rings (SSSR count). The number of ether oxygens (including phenoxy) is 2. The molecule has 3 nitrogen and oxygen atoms in total. The summed E-state index contributed by atoms with van der Waals surface area (Å²) in [5.74, 6) is 1.42. The van der Waals surface area contributed by atoms with Gasteiger partial charge in [0.1, 0.15) is 24.7 Å². The monoisotopic (exact) mass is 374 g/mol. The van der Waals surface area contributed by atoms with E-state index in [-0.39, 0.29) is 5.78 Å². The number of hydrogen-bond acceptors (Lipinski definition) is 3. The van der Waals surface area contributed by atoms with Gasteiger partial charge in [0.25, 0.3) is 0 Å². The highest BCUT2D eigenvalue weighted by atomic mass is 16.5. The molecule has 28 heavy (non-hydrogen) atoms. The van der Waals surface area contributed by atoms with Crippen LogP contribution >= 0.6 is 0 Å². The van der Waals surface area contributed by atoms with E-state index in [2.05, 4.69) is 6.92 Å². The number of hydrogen-bond donors (Lipinski definition) is 0. The summed E-state index contributed by atoms with van der Waals surface area (Å²) in [6, 6.07) is 25.4. The molecular weight excluding hydrogens is 348 g/mol. The van der Waals surface area contributed by atoms with Gasteiger partial charge in [-0.1, -0.05) is 74.0 Å². The minimum Gasteiger partial charge on any atom is -0.489 e. The van der Waals surface area contributed by atoms with Gasteiger partial charge in [-0.05, 0) is 29.7 Å². The number of carbonyl (C=O) groups excluding carboxylic acids is 1. The number of rotatable bonds is 10. The van der Waals surface area contributed by atoms with Crippen LogP contribution in [-0.4, -0.2) is 5.78 Å². The molecule has 3 aromatic carbocycles. The first-order valence-electron chi connectivity index (χ1n) is 9.76. The molecule has 0 bridgehead atoms. The molecule has 0 saturated carbocycles. The standard InChI is InChI=1S/C25H26O3/c1-2-3-14-25(26)22-15-23(27-18-20-10-6-4-7-11-20)17-24(16-22)28-19-21-12-8-5-9-13-21/h4-13,15-17H,2-3,14,18-19H2,1H3. The molecule has 0 spiro atoms. The highest BCUT2D eigenvalue weighted by Crippen LogP contribution is 2.26. The van der Waals surface area contributed by atoms with Crippen LogP contribution in [0.3, 0.4) is 0 Å². The Bertz CT molecular complexity index is 811. The second kappa shape index (κ2) is 10.3. The topological polar surface area (TPSA) is 35.5 Å². The second-order valence-corrected chi connectivity index (χ2v) is 6.77. The van der Waals surface area contributed by atoms with E-state index in [1.165, 1.54) is 0 Å². The van der Waals surface area contributed by atoms with Gasteiger partial charge in [-0.3, -0.25) is 4.79 Å². The number of carbonyl (C=O) groups is 1. The quantitative estimate of drug-likeness (QED) is 0.395. The highest BCUT2D eigenvalue weighted by Gasteiger charge is 2.11. The van der Waals surface area contributed by atoms with Gasteiger partial charge in [-0.25, -0.2) is 0 Å². The third kappa shape index (κ3) is 5.98. The summed E-state index contributed by atoms with van der Waals surface area (Å²) in [6.45, 7) is 2.98. The first kappa shape index (κ1) is 19.7. The minimum absolute atomic E-state index is 0.122. The molecule has 0 atom stereocenters. The third-order valence-electron chi connectivity index (χ3n) is 4.46. The Kier molecular flexibility index (Phi) is 7.25. The normalized spacial score (nSPS) is 10.5. The van der Waals surface area contributed by atoms with E-state index < -0.39 is 0 Å². The van der Waals surface area contributed by atoms with Gasteiger partial charge >= 0.3 is 0 Å². The second-order valence-electron chi connectivity index (χ2n) is 6.77. The molecule has 0 heterocycles. The van der Waals surface area contributed by atoms with Crippen LogP contribution in [0.1, 0.15) is 47.7 Å². The fourth-order valence-corrected chi connectivity index (χ4v) is 2.86. The molecule has 0 N–H and O–H groups in total. The molecule has 0 fully saturated rings. The Balaban J connectivity index is 1.75. The van der Waals surface area contributed by atoms with E-state index in [4.69, 9.17) is 9.47 Å². The van der Waals surface area contributed by atoms with Crippen LogP contribution in [0, 0.1) is 0 Å². The lowest BCUT2D eigenvalue weighted by atomic mass is 10.0. The minimum atomic E-state index is 0.122. The zero-order chi connectivity index (χ0) is 19.6. The summed E-state index contributed by atoms with van der Waals surface area (Å²) in [6.07, 6.45) is 2.41. The Labute approximate surface area is 166 Å². The van der Waals surface area contributed by atoms with Crippen molar-refractivity contribution in [3.63, 3.8) is 0 Å². The average molecular weight is 374 g/mol. The fourth-order valence-electron chi connectivity index (χ4n) is 2.86. The Morgan fingerprint density at radius 1 is 0.750 bits per heavy atom. The summed E-state index contributed by atoms with van der Waals surface area (Å²) in [4.78, 5) is 12.5. The van der Waals surface area contributed by atoms with Crippen molar-refractivity contribution < 1.29 is 14.3 Å². The maximum absolute atomic E-state index is 12.5. The summed E-state index contributed by atoms with van der Waals surface area (Å²) in [5.41, 5.74) is 2.80. The smallest absolute Gasteiger partial charge is 0.163 e. The van der Waals surface area contributed by atoms with Gasteiger partial charge in [0, 0.05) is 18.1 Å². The lowest BCUT2D eigenvalue weighted by Crippen LogP contribution is -2.03. The average Bonchev–Trinajstić information content (AvgIpc) is 2.76. The highest BCUT2D eigenvalue weighted by molar-refractivity contribution is 5.96. The van der Waals surface area contributed by atoms with Crippen LogP contribution in [0.2, 0.25) is 0 Å². The molecule has 0 aliphatic heterocycles. The van der Waals surface area contributed by atoms with Gasteiger partial charge < -0.3 is 9.47 Å². The summed E-state index contributed by atoms with van der Waals surface area (Å²) in [7, 11) is 0.